The SMILES string of the molecule is COc1cc(NC(=O)Nc2ccc(C3CCN(C(=O)OC(C)(C)C)CC3)cc2)cc(OC)c1. The van der Waals surface area contributed by atoms with E-state index < -0.39 is 5.60 Å². The van der Waals surface area contributed by atoms with Gasteiger partial charge in [-0.05, 0) is 57.2 Å². The van der Waals surface area contributed by atoms with E-state index in [2.05, 4.69) is 10.6 Å². The number of methoxy groups -OCH3 is 2. The molecule has 2 N–H and O–H groups in total. The highest BCUT2D eigenvalue weighted by molar-refractivity contribution is 6.00. The van der Waals surface area contributed by atoms with Crippen LogP contribution in [0.5, 0.6) is 11.5 Å². The first-order valence-corrected chi connectivity index (χ1v) is 11.1. The van der Waals surface area contributed by atoms with E-state index in [1.54, 1.807) is 37.3 Å². The molecule has 0 saturated carbocycles. The first kappa shape index (κ1) is 24.2. The van der Waals surface area contributed by atoms with E-state index in [1.807, 2.05) is 45.0 Å². The molecule has 1 aliphatic rings. The Hall–Kier alpha value is -3.42. The fraction of sp³-hybridized carbons (Fsp3) is 0.440. The van der Waals surface area contributed by atoms with Gasteiger partial charge in [0.15, 0.2) is 0 Å². The summed E-state index contributed by atoms with van der Waals surface area (Å²) in [6, 6.07) is 12.6. The van der Waals surface area contributed by atoms with Crippen LogP contribution in [0, 0.1) is 0 Å². The molecule has 2 aromatic rings. The summed E-state index contributed by atoms with van der Waals surface area (Å²) in [5, 5.41) is 5.63. The van der Waals surface area contributed by atoms with Crippen molar-refractivity contribution in [3.8, 4) is 11.5 Å². The number of nitrogens with zero attached hydrogens (tertiary/aromatic N) is 1. The molecule has 0 atom stereocenters. The molecule has 33 heavy (non-hydrogen) atoms. The van der Waals surface area contributed by atoms with Gasteiger partial charge in [0.1, 0.15) is 17.1 Å². The van der Waals surface area contributed by atoms with E-state index in [4.69, 9.17) is 14.2 Å². The topological polar surface area (TPSA) is 89.1 Å². The Balaban J connectivity index is 1.52. The van der Waals surface area contributed by atoms with Gasteiger partial charge in [-0.2, -0.15) is 0 Å². The molecule has 1 fully saturated rings. The van der Waals surface area contributed by atoms with Crippen LogP contribution in [0.2, 0.25) is 0 Å². The van der Waals surface area contributed by atoms with Gasteiger partial charge in [-0.25, -0.2) is 9.59 Å². The van der Waals surface area contributed by atoms with E-state index in [0.29, 0.717) is 41.9 Å². The van der Waals surface area contributed by atoms with E-state index in [9.17, 15) is 9.59 Å². The molecule has 0 bridgehead atoms. The molecule has 0 radical (unpaired) electrons. The molecule has 0 aromatic heterocycles. The second-order valence-electron chi connectivity index (χ2n) is 9.04. The first-order chi connectivity index (χ1) is 15.7. The number of piperidine rings is 1. The second kappa shape index (κ2) is 10.5. The summed E-state index contributed by atoms with van der Waals surface area (Å²) in [5.41, 5.74) is 1.97. The van der Waals surface area contributed by atoms with E-state index >= 15 is 0 Å². The fourth-order valence-corrected chi connectivity index (χ4v) is 3.73. The van der Waals surface area contributed by atoms with Crippen molar-refractivity contribution >= 4 is 23.5 Å². The summed E-state index contributed by atoms with van der Waals surface area (Å²) < 4.78 is 15.9. The van der Waals surface area contributed by atoms with Crippen molar-refractivity contribution < 1.29 is 23.8 Å². The summed E-state index contributed by atoms with van der Waals surface area (Å²) >= 11 is 0. The molecule has 3 rings (SSSR count). The molecular formula is C25H33N3O5. The number of hydrogen-bond acceptors (Lipinski definition) is 5. The number of ether oxygens (including phenoxy) is 3. The largest absolute Gasteiger partial charge is 0.497 e. The maximum atomic E-state index is 12.4. The minimum atomic E-state index is -0.484. The maximum absolute atomic E-state index is 12.4. The predicted octanol–water partition coefficient (Wildman–Crippen LogP) is 5.46. The van der Waals surface area contributed by atoms with Crippen molar-refractivity contribution in [1.82, 2.24) is 4.90 Å². The van der Waals surface area contributed by atoms with Crippen LogP contribution in [-0.4, -0.2) is 49.9 Å². The predicted molar refractivity (Wildman–Crippen MR) is 128 cm³/mol. The van der Waals surface area contributed by atoms with Crippen LogP contribution in [-0.2, 0) is 4.74 Å². The Morgan fingerprint density at radius 3 is 1.94 bits per heavy atom. The molecule has 2 aromatic carbocycles. The Morgan fingerprint density at radius 2 is 1.42 bits per heavy atom. The molecule has 0 unspecified atom stereocenters. The first-order valence-electron chi connectivity index (χ1n) is 11.1. The summed E-state index contributed by atoms with van der Waals surface area (Å²) in [5.74, 6) is 1.55. The lowest BCUT2D eigenvalue weighted by Gasteiger charge is -2.33. The molecule has 1 saturated heterocycles. The average Bonchev–Trinajstić information content (AvgIpc) is 2.78. The third-order valence-electron chi connectivity index (χ3n) is 5.40. The number of hydrogen-bond donors (Lipinski definition) is 2. The van der Waals surface area contributed by atoms with Gasteiger partial charge < -0.3 is 29.7 Å². The monoisotopic (exact) mass is 455 g/mol. The van der Waals surface area contributed by atoms with Gasteiger partial charge in [0, 0.05) is 42.7 Å². The van der Waals surface area contributed by atoms with Gasteiger partial charge in [-0.3, -0.25) is 0 Å². The van der Waals surface area contributed by atoms with E-state index in [-0.39, 0.29) is 12.1 Å². The summed E-state index contributed by atoms with van der Waals surface area (Å²) in [4.78, 5) is 26.4. The molecule has 8 heteroatoms. The fourth-order valence-electron chi connectivity index (χ4n) is 3.73. The number of anilines is 2. The number of urea groups is 1. The van der Waals surface area contributed by atoms with Gasteiger partial charge in [-0.15, -0.1) is 0 Å². The highest BCUT2D eigenvalue weighted by Crippen LogP contribution is 2.30. The number of rotatable bonds is 5. The number of nitrogens with one attached hydrogen (secondary N) is 2. The molecule has 178 valence electrons. The summed E-state index contributed by atoms with van der Waals surface area (Å²) in [6.45, 7) is 6.97. The number of carbonyl (C=O) groups excluding carboxylic acids is 2. The third kappa shape index (κ3) is 7.03. The number of carbonyl (C=O) groups is 2. The molecule has 0 aliphatic carbocycles. The second-order valence-corrected chi connectivity index (χ2v) is 9.04. The highest BCUT2D eigenvalue weighted by Gasteiger charge is 2.27. The zero-order valence-corrected chi connectivity index (χ0v) is 19.9. The molecule has 8 nitrogen and oxygen atoms in total. The molecular weight excluding hydrogens is 422 g/mol. The number of likely N-dealkylation sites (tertiary alicyclic amines) is 1. The third-order valence-corrected chi connectivity index (χ3v) is 5.40. The van der Waals surface area contributed by atoms with Crippen LogP contribution < -0.4 is 20.1 Å². The molecule has 0 spiro atoms. The van der Waals surface area contributed by atoms with Crippen molar-refractivity contribution in [2.75, 3.05) is 37.9 Å². The van der Waals surface area contributed by atoms with Crippen molar-refractivity contribution in [3.63, 3.8) is 0 Å². The van der Waals surface area contributed by atoms with Gasteiger partial charge in [0.05, 0.1) is 14.2 Å². The van der Waals surface area contributed by atoms with Crippen molar-refractivity contribution in [1.29, 1.82) is 0 Å². The molecule has 3 amide bonds. The van der Waals surface area contributed by atoms with Crippen molar-refractivity contribution in [2.24, 2.45) is 0 Å². The van der Waals surface area contributed by atoms with E-state index in [0.717, 1.165) is 12.8 Å². The van der Waals surface area contributed by atoms with Crippen LogP contribution in [0.4, 0.5) is 21.0 Å². The minimum absolute atomic E-state index is 0.250. The van der Waals surface area contributed by atoms with Crippen molar-refractivity contribution in [3.05, 3.63) is 48.0 Å². The summed E-state index contributed by atoms with van der Waals surface area (Å²) in [7, 11) is 3.11. The lowest BCUT2D eigenvalue weighted by molar-refractivity contribution is 0.0205. The maximum Gasteiger partial charge on any atom is 0.410 e. The van der Waals surface area contributed by atoms with Crippen LogP contribution in [0.1, 0.15) is 45.1 Å². The van der Waals surface area contributed by atoms with Gasteiger partial charge in [-0.1, -0.05) is 12.1 Å². The lowest BCUT2D eigenvalue weighted by Crippen LogP contribution is -2.41. The standard InChI is InChI=1S/C25H33N3O5/c1-25(2,3)33-24(30)28-12-10-18(11-13-28)17-6-8-19(9-7-17)26-23(29)27-20-14-21(31-4)16-22(15-20)32-5/h6-9,14-16,18H,10-13H2,1-5H3,(H2,26,27,29). The molecule has 1 aliphatic heterocycles. The molecule has 1 heterocycles. The van der Waals surface area contributed by atoms with Crippen molar-refractivity contribution in [2.45, 2.75) is 45.1 Å². The quantitative estimate of drug-likeness (QED) is 0.625. The van der Waals surface area contributed by atoms with Crippen LogP contribution in [0.25, 0.3) is 0 Å². The van der Waals surface area contributed by atoms with Gasteiger partial charge in [0.25, 0.3) is 0 Å². The Labute approximate surface area is 195 Å². The lowest BCUT2D eigenvalue weighted by atomic mass is 9.89. The number of benzene rings is 2. The Morgan fingerprint density at radius 1 is 0.879 bits per heavy atom. The van der Waals surface area contributed by atoms with Gasteiger partial charge >= 0.3 is 12.1 Å². The highest BCUT2D eigenvalue weighted by atomic mass is 16.6. The normalized spacial score (nSPS) is 14.4. The van der Waals surface area contributed by atoms with Crippen LogP contribution in [0.3, 0.4) is 0 Å². The average molecular weight is 456 g/mol. The van der Waals surface area contributed by atoms with Gasteiger partial charge in [0.2, 0.25) is 0 Å². The summed E-state index contributed by atoms with van der Waals surface area (Å²) in [6.07, 6.45) is 1.51. The Kier molecular flexibility index (Phi) is 7.68. The Bertz CT molecular complexity index is 939. The van der Waals surface area contributed by atoms with Crippen LogP contribution >= 0.6 is 0 Å². The number of amides is 3. The van der Waals surface area contributed by atoms with Crippen LogP contribution in [0.15, 0.2) is 42.5 Å². The van der Waals surface area contributed by atoms with E-state index in [1.165, 1.54) is 5.56 Å². The minimum Gasteiger partial charge on any atom is -0.497 e. The smallest absolute Gasteiger partial charge is 0.410 e. The zero-order valence-electron chi connectivity index (χ0n) is 19.9. The zero-order chi connectivity index (χ0) is 24.0.